The van der Waals surface area contributed by atoms with E-state index in [1.807, 2.05) is 24.3 Å². The monoisotopic (exact) mass is 336 g/mol. The number of carbonyl (C=O) groups is 1. The number of hydrogen-bond donors (Lipinski definition) is 2. The molecule has 3 rings (SSSR count). The van der Waals surface area contributed by atoms with Gasteiger partial charge in [0.05, 0.1) is 18.2 Å². The van der Waals surface area contributed by atoms with Gasteiger partial charge in [0.15, 0.2) is 0 Å². The van der Waals surface area contributed by atoms with Gasteiger partial charge in [-0.15, -0.1) is 12.4 Å². The van der Waals surface area contributed by atoms with Crippen LogP contribution >= 0.6 is 12.4 Å². The summed E-state index contributed by atoms with van der Waals surface area (Å²) in [5.41, 5.74) is 6.64. The van der Waals surface area contributed by atoms with Crippen LogP contribution < -0.4 is 15.8 Å². The van der Waals surface area contributed by atoms with Crippen LogP contribution in [-0.4, -0.2) is 12.0 Å². The molecule has 0 saturated heterocycles. The highest BCUT2D eigenvalue weighted by molar-refractivity contribution is 6.04. The molecule has 124 valence electrons. The molecule has 3 N–H and O–H groups in total. The third-order valence-electron chi connectivity index (χ3n) is 3.81. The van der Waals surface area contributed by atoms with Crippen molar-refractivity contribution in [2.45, 2.75) is 38.3 Å². The van der Waals surface area contributed by atoms with Crippen molar-refractivity contribution < 1.29 is 13.9 Å². The van der Waals surface area contributed by atoms with Gasteiger partial charge in [0.2, 0.25) is 0 Å². The summed E-state index contributed by atoms with van der Waals surface area (Å²) >= 11 is 0. The minimum atomic E-state index is -0.221. The Morgan fingerprint density at radius 1 is 1.30 bits per heavy atom. The van der Waals surface area contributed by atoms with Gasteiger partial charge in [-0.2, -0.15) is 0 Å². The molecule has 1 aliphatic rings. The summed E-state index contributed by atoms with van der Waals surface area (Å²) in [6.07, 6.45) is 6.37. The highest BCUT2D eigenvalue weighted by atomic mass is 35.5. The summed E-state index contributed by atoms with van der Waals surface area (Å²) in [5, 5.41) is 2.84. The largest absolute Gasteiger partial charge is 0.490 e. The van der Waals surface area contributed by atoms with Gasteiger partial charge in [0.1, 0.15) is 17.8 Å². The lowest BCUT2D eigenvalue weighted by molar-refractivity contribution is 0.102. The Hall–Kier alpha value is -1.98. The SMILES string of the molecule is Cl.NCc1cc(C(=O)Nc2cccc(OC3CCCC3)c2)co1. The minimum Gasteiger partial charge on any atom is -0.490 e. The number of hydrogen-bond acceptors (Lipinski definition) is 4. The smallest absolute Gasteiger partial charge is 0.258 e. The number of anilines is 1. The number of nitrogens with two attached hydrogens (primary N) is 1. The maximum Gasteiger partial charge on any atom is 0.258 e. The molecule has 6 heteroatoms. The second kappa shape index (κ2) is 8.04. The van der Waals surface area contributed by atoms with Gasteiger partial charge < -0.3 is 20.2 Å². The number of carbonyl (C=O) groups excluding carboxylic acids is 1. The fraction of sp³-hybridized carbons (Fsp3) is 0.353. The molecular formula is C17H21ClN2O3. The van der Waals surface area contributed by atoms with Gasteiger partial charge in [-0.1, -0.05) is 6.07 Å². The van der Waals surface area contributed by atoms with E-state index < -0.39 is 0 Å². The van der Waals surface area contributed by atoms with Gasteiger partial charge in [0.25, 0.3) is 5.91 Å². The molecule has 0 unspecified atom stereocenters. The molecule has 0 atom stereocenters. The van der Waals surface area contributed by atoms with E-state index in [0.29, 0.717) is 23.1 Å². The average molecular weight is 337 g/mol. The third-order valence-corrected chi connectivity index (χ3v) is 3.81. The fourth-order valence-electron chi connectivity index (χ4n) is 2.66. The van der Waals surface area contributed by atoms with Crippen LogP contribution in [0.25, 0.3) is 0 Å². The van der Waals surface area contributed by atoms with Crippen molar-refractivity contribution in [1.82, 2.24) is 0 Å². The summed E-state index contributed by atoms with van der Waals surface area (Å²) in [6, 6.07) is 9.12. The molecule has 5 nitrogen and oxygen atoms in total. The van der Waals surface area contributed by atoms with E-state index in [9.17, 15) is 4.79 Å². The highest BCUT2D eigenvalue weighted by Crippen LogP contribution is 2.26. The van der Waals surface area contributed by atoms with E-state index in [1.165, 1.54) is 19.1 Å². The molecule has 1 fully saturated rings. The predicted octanol–water partition coefficient (Wildman–Crippen LogP) is 3.73. The summed E-state index contributed by atoms with van der Waals surface area (Å²) in [4.78, 5) is 12.1. The predicted molar refractivity (Wildman–Crippen MR) is 91.1 cm³/mol. The van der Waals surface area contributed by atoms with Crippen molar-refractivity contribution in [2.75, 3.05) is 5.32 Å². The average Bonchev–Trinajstić information content (AvgIpc) is 3.18. The van der Waals surface area contributed by atoms with E-state index >= 15 is 0 Å². The number of halogens is 1. The van der Waals surface area contributed by atoms with Gasteiger partial charge in [0, 0.05) is 11.8 Å². The summed E-state index contributed by atoms with van der Waals surface area (Å²) in [6.45, 7) is 0.276. The maximum absolute atomic E-state index is 12.1. The van der Waals surface area contributed by atoms with Crippen LogP contribution in [0.2, 0.25) is 0 Å². The first-order valence-corrected chi connectivity index (χ1v) is 7.60. The molecule has 0 radical (unpaired) electrons. The van der Waals surface area contributed by atoms with E-state index in [1.54, 1.807) is 6.07 Å². The molecule has 1 aromatic carbocycles. The van der Waals surface area contributed by atoms with Crippen LogP contribution in [-0.2, 0) is 6.54 Å². The van der Waals surface area contributed by atoms with E-state index in [2.05, 4.69) is 5.32 Å². The molecule has 0 bridgehead atoms. The van der Waals surface area contributed by atoms with Gasteiger partial charge in [-0.3, -0.25) is 4.79 Å². The van der Waals surface area contributed by atoms with Crippen molar-refractivity contribution in [3.8, 4) is 5.75 Å². The van der Waals surface area contributed by atoms with Crippen molar-refractivity contribution in [2.24, 2.45) is 5.73 Å². The van der Waals surface area contributed by atoms with E-state index in [-0.39, 0.29) is 24.9 Å². The topological polar surface area (TPSA) is 77.5 Å². The van der Waals surface area contributed by atoms with Gasteiger partial charge >= 0.3 is 0 Å². The zero-order chi connectivity index (χ0) is 15.4. The first-order valence-electron chi connectivity index (χ1n) is 7.60. The fourth-order valence-corrected chi connectivity index (χ4v) is 2.66. The first kappa shape index (κ1) is 17.4. The van der Waals surface area contributed by atoms with Crippen molar-refractivity contribution in [3.63, 3.8) is 0 Å². The molecular weight excluding hydrogens is 316 g/mol. The van der Waals surface area contributed by atoms with Crippen LogP contribution in [0.3, 0.4) is 0 Å². The second-order valence-corrected chi connectivity index (χ2v) is 5.51. The minimum absolute atomic E-state index is 0. The van der Waals surface area contributed by atoms with Crippen LogP contribution in [0.15, 0.2) is 41.0 Å². The number of rotatable bonds is 5. The molecule has 0 spiro atoms. The standard InChI is InChI=1S/C17H20N2O3.ClH/c18-10-16-8-12(11-21-16)17(20)19-13-4-3-7-15(9-13)22-14-5-1-2-6-14;/h3-4,7-9,11,14H,1-2,5-6,10,18H2,(H,19,20);1H. The first-order chi connectivity index (χ1) is 10.7. The van der Waals surface area contributed by atoms with Crippen LogP contribution in [0, 0.1) is 0 Å². The maximum atomic E-state index is 12.1. The van der Waals surface area contributed by atoms with Crippen molar-refractivity contribution in [1.29, 1.82) is 0 Å². The van der Waals surface area contributed by atoms with E-state index in [4.69, 9.17) is 14.9 Å². The molecule has 23 heavy (non-hydrogen) atoms. The van der Waals surface area contributed by atoms with E-state index in [0.717, 1.165) is 18.6 Å². The molecule has 0 aliphatic heterocycles. The Bertz CT molecular complexity index is 651. The second-order valence-electron chi connectivity index (χ2n) is 5.51. The molecule has 1 amide bonds. The van der Waals surface area contributed by atoms with Crippen molar-refractivity contribution >= 4 is 24.0 Å². The lowest BCUT2D eigenvalue weighted by Gasteiger charge is -2.14. The molecule has 1 aliphatic carbocycles. The summed E-state index contributed by atoms with van der Waals surface area (Å²) in [5.74, 6) is 1.16. The van der Waals surface area contributed by atoms with Gasteiger partial charge in [-0.05, 0) is 43.9 Å². The Labute approximate surface area is 141 Å². The van der Waals surface area contributed by atoms with Gasteiger partial charge in [-0.25, -0.2) is 0 Å². The Morgan fingerprint density at radius 3 is 2.78 bits per heavy atom. The lowest BCUT2D eigenvalue weighted by atomic mass is 10.2. The zero-order valence-electron chi connectivity index (χ0n) is 12.8. The Kier molecular flexibility index (Phi) is 6.07. The number of furan rings is 1. The van der Waals surface area contributed by atoms with Crippen LogP contribution in [0.1, 0.15) is 41.8 Å². The van der Waals surface area contributed by atoms with Crippen LogP contribution in [0.5, 0.6) is 5.75 Å². The zero-order valence-corrected chi connectivity index (χ0v) is 13.6. The molecule has 1 saturated carbocycles. The molecule has 2 aromatic rings. The highest BCUT2D eigenvalue weighted by Gasteiger charge is 2.16. The number of nitrogens with one attached hydrogen (secondary N) is 1. The summed E-state index contributed by atoms with van der Waals surface area (Å²) in [7, 11) is 0. The van der Waals surface area contributed by atoms with Crippen LogP contribution in [0.4, 0.5) is 5.69 Å². The van der Waals surface area contributed by atoms with Crippen molar-refractivity contribution in [3.05, 3.63) is 47.9 Å². The molecule has 1 aromatic heterocycles. The normalized spacial score (nSPS) is 14.3. The number of ether oxygens (including phenoxy) is 1. The quantitative estimate of drug-likeness (QED) is 0.872. The lowest BCUT2D eigenvalue weighted by Crippen LogP contribution is -2.13. The molecule has 1 heterocycles. The number of benzene rings is 1. The Morgan fingerprint density at radius 2 is 2.09 bits per heavy atom. The Balaban J connectivity index is 0.00000192. The summed E-state index contributed by atoms with van der Waals surface area (Å²) < 4.78 is 11.1. The number of amides is 1. The third kappa shape index (κ3) is 4.50.